The number of sulfonamides is 1. The summed E-state index contributed by atoms with van der Waals surface area (Å²) in [6, 6.07) is 10.9. The molecule has 0 unspecified atom stereocenters. The standard InChI is InChI=1S/C13H9FN2O3S/c14-13-7-11(2-1-9(13)8-15)19-10-3-5-12(6-4-10)20(16,17)18/h1-7H,(H2,16,17,18). The number of hydrogen-bond donors (Lipinski definition) is 1. The molecule has 5 nitrogen and oxygen atoms in total. The van der Waals surface area contributed by atoms with Crippen LogP contribution in [0, 0.1) is 17.1 Å². The van der Waals surface area contributed by atoms with Crippen LogP contribution in [0.1, 0.15) is 5.56 Å². The Morgan fingerprint density at radius 3 is 2.20 bits per heavy atom. The molecule has 20 heavy (non-hydrogen) atoms. The second kappa shape index (κ2) is 5.28. The van der Waals surface area contributed by atoms with Crippen LogP contribution in [0.4, 0.5) is 4.39 Å². The number of primary sulfonamides is 1. The zero-order valence-corrected chi connectivity index (χ0v) is 10.9. The predicted molar refractivity (Wildman–Crippen MR) is 69.0 cm³/mol. The van der Waals surface area contributed by atoms with Gasteiger partial charge in [0.15, 0.2) is 0 Å². The Kier molecular flexibility index (Phi) is 3.70. The van der Waals surface area contributed by atoms with Gasteiger partial charge in [-0.15, -0.1) is 0 Å². The number of rotatable bonds is 3. The van der Waals surface area contributed by atoms with Crippen molar-refractivity contribution in [3.8, 4) is 17.6 Å². The van der Waals surface area contributed by atoms with E-state index in [9.17, 15) is 12.8 Å². The minimum atomic E-state index is -3.76. The van der Waals surface area contributed by atoms with Gasteiger partial charge in [-0.25, -0.2) is 17.9 Å². The Balaban J connectivity index is 2.23. The lowest BCUT2D eigenvalue weighted by atomic mass is 10.2. The van der Waals surface area contributed by atoms with Crippen LogP contribution in [0.25, 0.3) is 0 Å². The van der Waals surface area contributed by atoms with Crippen LogP contribution < -0.4 is 9.88 Å². The smallest absolute Gasteiger partial charge is 0.238 e. The molecule has 2 aromatic carbocycles. The monoisotopic (exact) mass is 292 g/mol. The Bertz CT molecular complexity index is 780. The van der Waals surface area contributed by atoms with Crippen LogP contribution in [0.5, 0.6) is 11.5 Å². The molecule has 2 N–H and O–H groups in total. The highest BCUT2D eigenvalue weighted by atomic mass is 32.2. The third-order valence-electron chi connectivity index (χ3n) is 2.45. The molecule has 0 aromatic heterocycles. The van der Waals surface area contributed by atoms with E-state index in [1.165, 1.54) is 36.4 Å². The van der Waals surface area contributed by atoms with Gasteiger partial charge in [0.1, 0.15) is 23.4 Å². The van der Waals surface area contributed by atoms with Crippen molar-refractivity contribution in [2.24, 2.45) is 5.14 Å². The fraction of sp³-hybridized carbons (Fsp3) is 0. The molecule has 0 aliphatic carbocycles. The minimum Gasteiger partial charge on any atom is -0.457 e. The highest BCUT2D eigenvalue weighted by Crippen LogP contribution is 2.24. The minimum absolute atomic E-state index is 0.0455. The summed E-state index contributed by atoms with van der Waals surface area (Å²) in [4.78, 5) is -0.0455. The first-order chi connectivity index (χ1) is 9.40. The first kappa shape index (κ1) is 14.0. The largest absolute Gasteiger partial charge is 0.457 e. The van der Waals surface area contributed by atoms with Gasteiger partial charge in [-0.05, 0) is 36.4 Å². The van der Waals surface area contributed by atoms with Crippen molar-refractivity contribution in [2.75, 3.05) is 0 Å². The quantitative estimate of drug-likeness (QED) is 0.937. The average molecular weight is 292 g/mol. The summed E-state index contributed by atoms with van der Waals surface area (Å²) >= 11 is 0. The summed E-state index contributed by atoms with van der Waals surface area (Å²) in [6.45, 7) is 0. The third-order valence-corrected chi connectivity index (χ3v) is 3.38. The Hall–Kier alpha value is -2.43. The van der Waals surface area contributed by atoms with Gasteiger partial charge >= 0.3 is 0 Å². The molecule has 2 aromatic rings. The molecule has 102 valence electrons. The number of nitrogens with two attached hydrogens (primary N) is 1. The molecular formula is C13H9FN2O3S. The van der Waals surface area contributed by atoms with Gasteiger partial charge in [-0.2, -0.15) is 5.26 Å². The van der Waals surface area contributed by atoms with Crippen LogP contribution >= 0.6 is 0 Å². The highest BCUT2D eigenvalue weighted by molar-refractivity contribution is 7.89. The normalized spacial score (nSPS) is 10.8. The molecule has 0 saturated heterocycles. The van der Waals surface area contributed by atoms with E-state index < -0.39 is 15.8 Å². The van der Waals surface area contributed by atoms with Gasteiger partial charge in [0.2, 0.25) is 10.0 Å². The fourth-order valence-corrected chi connectivity index (χ4v) is 2.00. The first-order valence-corrected chi connectivity index (χ1v) is 6.95. The summed E-state index contributed by atoms with van der Waals surface area (Å²) < 4.78 is 40.9. The summed E-state index contributed by atoms with van der Waals surface area (Å²) in [5, 5.41) is 13.6. The lowest BCUT2D eigenvalue weighted by Gasteiger charge is -2.06. The molecule has 7 heteroatoms. The van der Waals surface area contributed by atoms with Crippen LogP contribution in [0.2, 0.25) is 0 Å². The molecule has 0 aliphatic rings. The maximum absolute atomic E-state index is 13.4. The lowest BCUT2D eigenvalue weighted by Crippen LogP contribution is -2.11. The topological polar surface area (TPSA) is 93.2 Å². The number of halogens is 1. The van der Waals surface area contributed by atoms with Crippen LogP contribution in [0.3, 0.4) is 0 Å². The molecule has 0 heterocycles. The SMILES string of the molecule is N#Cc1ccc(Oc2ccc(S(N)(=O)=O)cc2)cc1F. The predicted octanol–water partition coefficient (Wildman–Crippen LogP) is 2.14. The third kappa shape index (κ3) is 3.12. The lowest BCUT2D eigenvalue weighted by molar-refractivity contribution is 0.476. The molecule has 0 fully saturated rings. The van der Waals surface area contributed by atoms with Crippen molar-refractivity contribution >= 4 is 10.0 Å². The number of nitriles is 1. The van der Waals surface area contributed by atoms with E-state index in [2.05, 4.69) is 0 Å². The molecule has 0 bridgehead atoms. The van der Waals surface area contributed by atoms with Crippen molar-refractivity contribution < 1.29 is 17.5 Å². The Morgan fingerprint density at radius 2 is 1.70 bits per heavy atom. The van der Waals surface area contributed by atoms with Crippen molar-refractivity contribution in [1.29, 1.82) is 5.26 Å². The Morgan fingerprint density at radius 1 is 1.10 bits per heavy atom. The van der Waals surface area contributed by atoms with E-state index in [4.69, 9.17) is 15.1 Å². The Labute approximate surface area is 115 Å². The summed E-state index contributed by atoms with van der Waals surface area (Å²) in [6.07, 6.45) is 0. The van der Waals surface area contributed by atoms with Gasteiger partial charge in [0, 0.05) is 6.07 Å². The number of benzene rings is 2. The van der Waals surface area contributed by atoms with Gasteiger partial charge in [-0.1, -0.05) is 0 Å². The summed E-state index contributed by atoms with van der Waals surface area (Å²) in [7, 11) is -3.76. The number of nitrogens with zero attached hydrogens (tertiary/aromatic N) is 1. The van der Waals surface area contributed by atoms with E-state index in [1.807, 2.05) is 0 Å². The van der Waals surface area contributed by atoms with E-state index in [-0.39, 0.29) is 16.2 Å². The summed E-state index contributed by atoms with van der Waals surface area (Å²) in [5.41, 5.74) is -0.0816. The van der Waals surface area contributed by atoms with Gasteiger partial charge < -0.3 is 4.74 Å². The van der Waals surface area contributed by atoms with Gasteiger partial charge in [-0.3, -0.25) is 0 Å². The van der Waals surface area contributed by atoms with E-state index in [0.717, 1.165) is 6.07 Å². The zero-order chi connectivity index (χ0) is 14.8. The molecule has 0 aliphatic heterocycles. The fourth-order valence-electron chi connectivity index (χ4n) is 1.48. The van der Waals surface area contributed by atoms with Gasteiger partial charge in [0.25, 0.3) is 0 Å². The van der Waals surface area contributed by atoms with E-state index in [1.54, 1.807) is 6.07 Å². The molecule has 0 spiro atoms. The highest BCUT2D eigenvalue weighted by Gasteiger charge is 2.08. The maximum atomic E-state index is 13.4. The zero-order valence-electron chi connectivity index (χ0n) is 10.1. The number of ether oxygens (including phenoxy) is 1. The molecule has 0 radical (unpaired) electrons. The van der Waals surface area contributed by atoms with Crippen LogP contribution in [-0.2, 0) is 10.0 Å². The molecule has 0 amide bonds. The first-order valence-electron chi connectivity index (χ1n) is 5.40. The molecule has 0 atom stereocenters. The number of hydrogen-bond acceptors (Lipinski definition) is 4. The van der Waals surface area contributed by atoms with Crippen molar-refractivity contribution in [1.82, 2.24) is 0 Å². The second-order valence-corrected chi connectivity index (χ2v) is 5.43. The molecule has 0 saturated carbocycles. The average Bonchev–Trinajstić information content (AvgIpc) is 2.38. The summed E-state index contributed by atoms with van der Waals surface area (Å²) in [5.74, 6) is -0.169. The second-order valence-electron chi connectivity index (χ2n) is 3.87. The maximum Gasteiger partial charge on any atom is 0.238 e. The molecular weight excluding hydrogens is 283 g/mol. The van der Waals surface area contributed by atoms with E-state index in [0.29, 0.717) is 5.75 Å². The van der Waals surface area contributed by atoms with Crippen LogP contribution in [0.15, 0.2) is 47.4 Å². The van der Waals surface area contributed by atoms with Crippen molar-refractivity contribution in [3.05, 3.63) is 53.8 Å². The van der Waals surface area contributed by atoms with E-state index >= 15 is 0 Å². The van der Waals surface area contributed by atoms with Crippen molar-refractivity contribution in [3.63, 3.8) is 0 Å². The van der Waals surface area contributed by atoms with Crippen LogP contribution in [-0.4, -0.2) is 8.42 Å². The van der Waals surface area contributed by atoms with Crippen molar-refractivity contribution in [2.45, 2.75) is 4.90 Å². The van der Waals surface area contributed by atoms with Gasteiger partial charge in [0.05, 0.1) is 10.5 Å². The molecule has 2 rings (SSSR count).